The first-order valence-electron chi connectivity index (χ1n) is 15.3. The van der Waals surface area contributed by atoms with Crippen molar-refractivity contribution in [2.75, 3.05) is 38.0 Å². The number of fused-ring (bicyclic) bond motifs is 4. The lowest BCUT2D eigenvalue weighted by atomic mass is 10.00. The van der Waals surface area contributed by atoms with Gasteiger partial charge in [-0.05, 0) is 43.3 Å². The number of amides is 1. The molecule has 1 amide bonds. The van der Waals surface area contributed by atoms with Gasteiger partial charge in [-0.2, -0.15) is 0 Å². The van der Waals surface area contributed by atoms with E-state index in [4.69, 9.17) is 9.47 Å². The highest BCUT2D eigenvalue weighted by atomic mass is 19.4. The van der Waals surface area contributed by atoms with Crippen LogP contribution in [0.4, 0.5) is 19.0 Å². The fourth-order valence-electron chi connectivity index (χ4n) is 6.65. The second kappa shape index (κ2) is 11.6. The predicted molar refractivity (Wildman–Crippen MR) is 158 cm³/mol. The SMILES string of the molecule is CCN1CCN(Cc2ccc(C(=O)C[C@@H]3[C@H]4Oc5ccc(Oc6ccnc7c6CCC(=O)N7)cc5[C@@H]34)cc2OC(F)(F)F)CC1. The van der Waals surface area contributed by atoms with E-state index in [1.54, 1.807) is 24.4 Å². The summed E-state index contributed by atoms with van der Waals surface area (Å²) in [5.74, 6) is 1.67. The van der Waals surface area contributed by atoms with Gasteiger partial charge in [0.25, 0.3) is 0 Å². The van der Waals surface area contributed by atoms with E-state index >= 15 is 0 Å². The highest BCUT2D eigenvalue weighted by Gasteiger charge is 2.59. The molecule has 4 heterocycles. The minimum absolute atomic E-state index is 0.00917. The van der Waals surface area contributed by atoms with Crippen molar-refractivity contribution in [3.63, 3.8) is 0 Å². The number of halogens is 3. The van der Waals surface area contributed by atoms with Gasteiger partial charge in [-0.1, -0.05) is 19.1 Å². The summed E-state index contributed by atoms with van der Waals surface area (Å²) in [6.07, 6.45) is -2.43. The van der Waals surface area contributed by atoms with Gasteiger partial charge in [-0.15, -0.1) is 13.2 Å². The number of nitrogens with one attached hydrogen (secondary N) is 1. The Kier molecular flexibility index (Phi) is 7.65. The van der Waals surface area contributed by atoms with Gasteiger partial charge in [0.15, 0.2) is 5.78 Å². The molecule has 1 aromatic heterocycles. The number of likely N-dealkylation sites (N-methyl/N-ethyl adjacent to an activating group) is 1. The molecule has 1 saturated carbocycles. The molecule has 0 spiro atoms. The van der Waals surface area contributed by atoms with Gasteiger partial charge in [-0.25, -0.2) is 4.98 Å². The van der Waals surface area contributed by atoms with Crippen LogP contribution in [0.2, 0.25) is 0 Å². The number of anilines is 1. The zero-order valence-corrected chi connectivity index (χ0v) is 24.7. The van der Waals surface area contributed by atoms with Gasteiger partial charge < -0.3 is 24.4 Å². The summed E-state index contributed by atoms with van der Waals surface area (Å²) in [6.45, 7) is 6.56. The summed E-state index contributed by atoms with van der Waals surface area (Å²) >= 11 is 0. The van der Waals surface area contributed by atoms with E-state index < -0.39 is 6.36 Å². The van der Waals surface area contributed by atoms with Crippen molar-refractivity contribution in [1.82, 2.24) is 14.8 Å². The number of alkyl halides is 3. The van der Waals surface area contributed by atoms with E-state index in [0.717, 1.165) is 49.6 Å². The zero-order valence-electron chi connectivity index (χ0n) is 24.7. The van der Waals surface area contributed by atoms with E-state index in [-0.39, 0.29) is 47.4 Å². The van der Waals surface area contributed by atoms with Crippen LogP contribution in [0, 0.1) is 5.92 Å². The monoisotopic (exact) mass is 622 g/mol. The first-order chi connectivity index (χ1) is 21.6. The molecule has 236 valence electrons. The molecule has 2 aromatic carbocycles. The molecule has 3 atom stereocenters. The molecule has 0 radical (unpaired) electrons. The Labute approximate surface area is 258 Å². The number of ketones is 1. The lowest BCUT2D eigenvalue weighted by Crippen LogP contribution is -2.45. The number of carbonyl (C=O) groups excluding carboxylic acids is 2. The standard InChI is InChI=1S/C33H33F3N4O5/c1-2-39-11-13-40(14-12-39)18-20-4-3-19(15-28(20)45-33(34,35)36)25(41)17-24-30-23-16-21(5-7-26(23)44-31(24)30)43-27-9-10-37-32-22(27)6-8-29(42)38-32/h3-5,7,9-10,15-16,24,30-31H,2,6,8,11-14,17-18H2,1H3,(H,37,38,42)/t24-,30-,31+/m0/s1. The summed E-state index contributed by atoms with van der Waals surface area (Å²) in [5.41, 5.74) is 2.36. The molecular weight excluding hydrogens is 589 g/mol. The maximum absolute atomic E-state index is 13.3. The third-order valence-corrected chi connectivity index (χ3v) is 9.14. The molecule has 3 aromatic rings. The largest absolute Gasteiger partial charge is 0.573 e. The normalized spacial score (nSPS) is 22.5. The maximum Gasteiger partial charge on any atom is 0.573 e. The van der Waals surface area contributed by atoms with Crippen LogP contribution in [-0.2, 0) is 17.8 Å². The van der Waals surface area contributed by atoms with Crippen LogP contribution >= 0.6 is 0 Å². The first kappa shape index (κ1) is 29.5. The molecule has 12 heteroatoms. The van der Waals surface area contributed by atoms with Crippen molar-refractivity contribution in [1.29, 1.82) is 0 Å². The first-order valence-corrected chi connectivity index (χ1v) is 15.3. The molecule has 1 aliphatic carbocycles. The van der Waals surface area contributed by atoms with Crippen LogP contribution < -0.4 is 19.5 Å². The third kappa shape index (κ3) is 6.21. The number of pyridine rings is 1. The smallest absolute Gasteiger partial charge is 0.489 e. The van der Waals surface area contributed by atoms with Gasteiger partial charge >= 0.3 is 6.36 Å². The van der Waals surface area contributed by atoms with E-state index in [9.17, 15) is 22.8 Å². The minimum atomic E-state index is -4.87. The molecule has 0 bridgehead atoms. The molecule has 0 unspecified atom stereocenters. The summed E-state index contributed by atoms with van der Waals surface area (Å²) in [7, 11) is 0. The van der Waals surface area contributed by atoms with Gasteiger partial charge in [-0.3, -0.25) is 14.5 Å². The Balaban J connectivity index is 1.03. The van der Waals surface area contributed by atoms with Crippen molar-refractivity contribution < 1.29 is 37.0 Å². The van der Waals surface area contributed by atoms with Gasteiger partial charge in [0.2, 0.25) is 5.91 Å². The lowest BCUT2D eigenvalue weighted by Gasteiger charge is -2.34. The Hall–Kier alpha value is -4.16. The number of ether oxygens (including phenoxy) is 3. The van der Waals surface area contributed by atoms with E-state index in [2.05, 4.69) is 31.8 Å². The second-order valence-electron chi connectivity index (χ2n) is 12.0. The van der Waals surface area contributed by atoms with Crippen molar-refractivity contribution in [3.8, 4) is 23.0 Å². The Bertz CT molecular complexity index is 1640. The number of piperazine rings is 1. The number of rotatable bonds is 9. The molecule has 7 rings (SSSR count). The molecule has 1 N–H and O–H groups in total. The Morgan fingerprint density at radius 1 is 1.04 bits per heavy atom. The predicted octanol–water partition coefficient (Wildman–Crippen LogP) is 5.54. The summed E-state index contributed by atoms with van der Waals surface area (Å²) in [5, 5.41) is 2.77. The molecular formula is C33H33F3N4O5. The number of nitrogens with zero attached hydrogens (tertiary/aromatic N) is 3. The molecule has 9 nitrogen and oxygen atoms in total. The third-order valence-electron chi connectivity index (χ3n) is 9.14. The van der Waals surface area contributed by atoms with Crippen LogP contribution in [0.5, 0.6) is 23.0 Å². The number of carbonyl (C=O) groups is 2. The maximum atomic E-state index is 13.3. The summed E-state index contributed by atoms with van der Waals surface area (Å²) in [4.78, 5) is 33.7. The van der Waals surface area contributed by atoms with Gasteiger partial charge in [0.1, 0.15) is 34.9 Å². The highest BCUT2D eigenvalue weighted by Crippen LogP contribution is 2.60. The van der Waals surface area contributed by atoms with E-state index in [1.807, 2.05) is 18.2 Å². The average Bonchev–Trinajstić information content (AvgIpc) is 3.53. The van der Waals surface area contributed by atoms with Crippen LogP contribution in [0.15, 0.2) is 48.7 Å². The van der Waals surface area contributed by atoms with Crippen LogP contribution in [0.1, 0.15) is 52.7 Å². The summed E-state index contributed by atoms with van der Waals surface area (Å²) < 4.78 is 56.7. The summed E-state index contributed by atoms with van der Waals surface area (Å²) in [6, 6.07) is 11.7. The Morgan fingerprint density at radius 2 is 1.84 bits per heavy atom. The van der Waals surface area contributed by atoms with E-state index in [1.165, 1.54) is 6.07 Å². The quantitative estimate of drug-likeness (QED) is 0.311. The number of hydrogen-bond donors (Lipinski definition) is 1. The molecule has 4 aliphatic rings. The number of aromatic nitrogens is 1. The number of hydrogen-bond acceptors (Lipinski definition) is 8. The van der Waals surface area contributed by atoms with Crippen LogP contribution in [0.25, 0.3) is 0 Å². The van der Waals surface area contributed by atoms with Crippen LogP contribution in [-0.4, -0.2) is 71.7 Å². The minimum Gasteiger partial charge on any atom is -0.489 e. The molecule has 45 heavy (non-hydrogen) atoms. The zero-order chi connectivity index (χ0) is 31.3. The van der Waals surface area contributed by atoms with Crippen molar-refractivity contribution in [2.45, 2.75) is 51.1 Å². The molecule has 2 fully saturated rings. The molecule has 3 aliphatic heterocycles. The fraction of sp³-hybridized carbons (Fsp3) is 0.424. The average molecular weight is 623 g/mol. The molecule has 1 saturated heterocycles. The number of Topliss-reactive ketones (excluding diaryl/α,β-unsaturated/α-hetero) is 1. The topological polar surface area (TPSA) is 93.2 Å². The number of benzene rings is 2. The second-order valence-corrected chi connectivity index (χ2v) is 12.0. The van der Waals surface area contributed by atoms with Gasteiger partial charge in [0.05, 0.1) is 0 Å². The highest BCUT2D eigenvalue weighted by molar-refractivity contribution is 5.97. The fourth-order valence-corrected chi connectivity index (χ4v) is 6.65. The van der Waals surface area contributed by atoms with Crippen LogP contribution in [0.3, 0.4) is 0 Å². The van der Waals surface area contributed by atoms with Crippen molar-refractivity contribution in [3.05, 3.63) is 70.9 Å². The van der Waals surface area contributed by atoms with Crippen molar-refractivity contribution >= 4 is 17.5 Å². The Morgan fingerprint density at radius 3 is 2.62 bits per heavy atom. The van der Waals surface area contributed by atoms with Crippen molar-refractivity contribution in [2.24, 2.45) is 5.92 Å². The van der Waals surface area contributed by atoms with Gasteiger partial charge in [0, 0.05) is 85.9 Å². The lowest BCUT2D eigenvalue weighted by molar-refractivity contribution is -0.275. The van der Waals surface area contributed by atoms with E-state index in [0.29, 0.717) is 42.3 Å².